The summed E-state index contributed by atoms with van der Waals surface area (Å²) in [7, 11) is 0. The van der Waals surface area contributed by atoms with Crippen molar-refractivity contribution in [3.05, 3.63) is 105 Å². The molecule has 0 saturated carbocycles. The summed E-state index contributed by atoms with van der Waals surface area (Å²) in [5.41, 5.74) is 4.11. The first-order chi connectivity index (χ1) is 21.6. The van der Waals surface area contributed by atoms with Crippen molar-refractivity contribution in [2.24, 2.45) is 5.10 Å². The van der Waals surface area contributed by atoms with Crippen molar-refractivity contribution in [2.75, 3.05) is 23.3 Å². The molecule has 234 valence electrons. The molecule has 10 nitrogen and oxygen atoms in total. The molecule has 1 aromatic heterocycles. The highest BCUT2D eigenvalue weighted by atomic mass is 35.5. The molecule has 1 fully saturated rings. The Labute approximate surface area is 261 Å². The molecule has 45 heavy (non-hydrogen) atoms. The van der Waals surface area contributed by atoms with E-state index in [0.29, 0.717) is 17.8 Å². The number of nitrogens with one attached hydrogen (secondary N) is 2. The van der Waals surface area contributed by atoms with Gasteiger partial charge in [0.2, 0.25) is 0 Å². The summed E-state index contributed by atoms with van der Waals surface area (Å²) in [5.74, 6) is -1.12. The standard InChI is InChI=1S/C31H29ClF3N7O3/c32-27-9-7-20(14-26(27)31(33,34)35)16-36-39-30(45)25-15-24(41-11-2-1-3-12-41)8-10-28(25)37-29(44)22-6-4-5-21(13-22)17-42-18-23(19-43)38-40-42/h4-10,13-16,18,43H,1-3,11-12,17,19H2,(H,37,44)(H,39,45). The van der Waals surface area contributed by atoms with Gasteiger partial charge >= 0.3 is 6.18 Å². The molecule has 0 radical (unpaired) electrons. The van der Waals surface area contributed by atoms with Crippen LogP contribution in [0.25, 0.3) is 0 Å². The number of hydrogen-bond acceptors (Lipinski definition) is 7. The maximum Gasteiger partial charge on any atom is 0.417 e. The SMILES string of the molecule is O=C(Nc1ccc(N2CCCCC2)cc1C(=O)NN=Cc1ccc(Cl)c(C(F)(F)F)c1)c1cccc(Cn2cc(CO)nn2)c1. The first-order valence-electron chi connectivity index (χ1n) is 14.1. The third kappa shape index (κ3) is 8.05. The van der Waals surface area contributed by atoms with Crippen LogP contribution in [0, 0.1) is 0 Å². The number of benzene rings is 3. The van der Waals surface area contributed by atoms with Gasteiger partial charge in [0, 0.05) is 24.3 Å². The fourth-order valence-corrected chi connectivity index (χ4v) is 5.15. The molecule has 1 aliphatic rings. The second-order valence-electron chi connectivity index (χ2n) is 10.4. The summed E-state index contributed by atoms with van der Waals surface area (Å²) < 4.78 is 41.3. The van der Waals surface area contributed by atoms with E-state index < -0.39 is 28.6 Å². The van der Waals surface area contributed by atoms with Gasteiger partial charge in [-0.3, -0.25) is 9.59 Å². The Kier molecular flexibility index (Phi) is 9.79. The minimum Gasteiger partial charge on any atom is -0.390 e. The Morgan fingerprint density at radius 2 is 1.82 bits per heavy atom. The van der Waals surface area contributed by atoms with Gasteiger partial charge in [-0.25, -0.2) is 10.1 Å². The zero-order chi connectivity index (χ0) is 32.0. The molecule has 0 aliphatic carbocycles. The highest BCUT2D eigenvalue weighted by Crippen LogP contribution is 2.35. The Balaban J connectivity index is 1.36. The van der Waals surface area contributed by atoms with E-state index in [0.717, 1.165) is 62.0 Å². The molecule has 3 aromatic carbocycles. The van der Waals surface area contributed by atoms with Crippen LogP contribution in [0.1, 0.15) is 62.4 Å². The Morgan fingerprint density at radius 3 is 2.56 bits per heavy atom. The highest BCUT2D eigenvalue weighted by molar-refractivity contribution is 6.31. The van der Waals surface area contributed by atoms with Gasteiger partial charge in [0.05, 0.1) is 47.4 Å². The van der Waals surface area contributed by atoms with Gasteiger partial charge in [0.15, 0.2) is 0 Å². The number of anilines is 2. The lowest BCUT2D eigenvalue weighted by Gasteiger charge is -2.29. The van der Waals surface area contributed by atoms with Gasteiger partial charge in [-0.15, -0.1) is 5.10 Å². The summed E-state index contributed by atoms with van der Waals surface area (Å²) in [6, 6.07) is 15.3. The largest absolute Gasteiger partial charge is 0.417 e. The molecule has 0 bridgehead atoms. The van der Waals surface area contributed by atoms with Crippen molar-refractivity contribution in [3.63, 3.8) is 0 Å². The summed E-state index contributed by atoms with van der Waals surface area (Å²) >= 11 is 5.69. The number of aliphatic hydroxyl groups excluding tert-OH is 1. The zero-order valence-electron chi connectivity index (χ0n) is 23.9. The third-order valence-electron chi connectivity index (χ3n) is 7.17. The van der Waals surface area contributed by atoms with Crippen molar-refractivity contribution in [2.45, 2.75) is 38.6 Å². The van der Waals surface area contributed by atoms with Gasteiger partial charge < -0.3 is 15.3 Å². The van der Waals surface area contributed by atoms with Crippen LogP contribution in [0.4, 0.5) is 24.5 Å². The number of aliphatic hydroxyl groups is 1. The minimum atomic E-state index is -4.65. The molecule has 1 saturated heterocycles. The number of hydrazone groups is 1. The zero-order valence-corrected chi connectivity index (χ0v) is 24.6. The molecule has 3 N–H and O–H groups in total. The van der Waals surface area contributed by atoms with Crippen LogP contribution in [0.2, 0.25) is 5.02 Å². The van der Waals surface area contributed by atoms with Crippen molar-refractivity contribution in [1.82, 2.24) is 20.4 Å². The predicted molar refractivity (Wildman–Crippen MR) is 163 cm³/mol. The lowest BCUT2D eigenvalue weighted by atomic mass is 10.1. The fraction of sp³-hybridized carbons (Fsp3) is 0.258. The van der Waals surface area contributed by atoms with E-state index in [9.17, 15) is 27.9 Å². The number of aromatic nitrogens is 3. The van der Waals surface area contributed by atoms with E-state index in [-0.39, 0.29) is 23.4 Å². The van der Waals surface area contributed by atoms with Crippen molar-refractivity contribution in [1.29, 1.82) is 0 Å². The topological polar surface area (TPSA) is 125 Å². The average Bonchev–Trinajstić information content (AvgIpc) is 3.49. The predicted octanol–water partition coefficient (Wildman–Crippen LogP) is 5.50. The second-order valence-corrected chi connectivity index (χ2v) is 10.8. The van der Waals surface area contributed by atoms with Crippen LogP contribution in [-0.4, -0.2) is 51.2 Å². The molecular formula is C31H29ClF3N7O3. The van der Waals surface area contributed by atoms with Gasteiger partial charge in [-0.05, 0) is 72.9 Å². The second kappa shape index (κ2) is 13.9. The van der Waals surface area contributed by atoms with Gasteiger partial charge in [-0.1, -0.05) is 35.0 Å². The van der Waals surface area contributed by atoms with Crippen molar-refractivity contribution >= 4 is 41.0 Å². The lowest BCUT2D eigenvalue weighted by Crippen LogP contribution is -2.30. The maximum atomic E-state index is 13.3. The molecular weight excluding hydrogens is 611 g/mol. The number of carbonyl (C=O) groups excluding carboxylic acids is 2. The molecule has 0 spiro atoms. The number of piperidine rings is 1. The van der Waals surface area contributed by atoms with Crippen LogP contribution in [0.5, 0.6) is 0 Å². The maximum absolute atomic E-state index is 13.3. The van der Waals surface area contributed by atoms with Crippen LogP contribution in [0.3, 0.4) is 0 Å². The number of amides is 2. The summed E-state index contributed by atoms with van der Waals surface area (Å²) in [5, 5.41) is 23.2. The van der Waals surface area contributed by atoms with Gasteiger partial charge in [0.1, 0.15) is 5.69 Å². The minimum absolute atomic E-state index is 0.0842. The normalized spacial score (nSPS) is 13.7. The molecule has 2 amide bonds. The molecule has 5 rings (SSSR count). The molecule has 14 heteroatoms. The smallest absolute Gasteiger partial charge is 0.390 e. The van der Waals surface area contributed by atoms with Crippen molar-refractivity contribution < 1.29 is 27.9 Å². The lowest BCUT2D eigenvalue weighted by molar-refractivity contribution is -0.137. The molecule has 0 unspecified atom stereocenters. The van der Waals surface area contributed by atoms with Crippen LogP contribution in [0.15, 0.2) is 72.0 Å². The third-order valence-corrected chi connectivity index (χ3v) is 7.50. The fourth-order valence-electron chi connectivity index (χ4n) is 4.92. The summed E-state index contributed by atoms with van der Waals surface area (Å²) in [6.45, 7) is 1.73. The molecule has 4 aromatic rings. The Morgan fingerprint density at radius 1 is 1.02 bits per heavy atom. The number of carbonyl (C=O) groups is 2. The number of hydrogen-bond donors (Lipinski definition) is 3. The number of rotatable bonds is 9. The van der Waals surface area contributed by atoms with E-state index >= 15 is 0 Å². The Hall–Kier alpha value is -4.75. The van der Waals surface area contributed by atoms with E-state index in [1.807, 2.05) is 12.1 Å². The van der Waals surface area contributed by atoms with Gasteiger partial charge in [0.25, 0.3) is 11.8 Å². The van der Waals surface area contributed by atoms with Gasteiger partial charge in [-0.2, -0.15) is 18.3 Å². The molecule has 0 atom stereocenters. The summed E-state index contributed by atoms with van der Waals surface area (Å²) in [4.78, 5) is 28.8. The van der Waals surface area contributed by atoms with Crippen LogP contribution in [-0.2, 0) is 19.3 Å². The first-order valence-corrected chi connectivity index (χ1v) is 14.5. The number of nitrogens with zero attached hydrogens (tertiary/aromatic N) is 5. The Bertz CT molecular complexity index is 1720. The molecule has 2 heterocycles. The highest BCUT2D eigenvalue weighted by Gasteiger charge is 2.33. The number of alkyl halides is 3. The summed E-state index contributed by atoms with van der Waals surface area (Å²) in [6.07, 6.45) is 1.18. The number of halogens is 4. The van der Waals surface area contributed by atoms with E-state index in [1.165, 1.54) is 6.07 Å². The molecule has 1 aliphatic heterocycles. The van der Waals surface area contributed by atoms with Crippen LogP contribution < -0.4 is 15.6 Å². The van der Waals surface area contributed by atoms with Crippen molar-refractivity contribution in [3.8, 4) is 0 Å². The van der Waals surface area contributed by atoms with Crippen LogP contribution >= 0.6 is 11.6 Å². The quantitative estimate of drug-likeness (QED) is 0.164. The average molecular weight is 640 g/mol. The monoisotopic (exact) mass is 639 g/mol. The van der Waals surface area contributed by atoms with E-state index in [2.05, 4.69) is 31.1 Å². The van der Waals surface area contributed by atoms with E-state index in [1.54, 1.807) is 41.2 Å². The first kappa shape index (κ1) is 31.7. The van der Waals surface area contributed by atoms with E-state index in [4.69, 9.17) is 11.6 Å².